The van der Waals surface area contributed by atoms with Crippen LogP contribution in [0.4, 0.5) is 0 Å². The van der Waals surface area contributed by atoms with Gasteiger partial charge in [0.1, 0.15) is 5.66 Å². The minimum atomic E-state index is -0.733. The van der Waals surface area contributed by atoms with Gasteiger partial charge < -0.3 is 0 Å². The van der Waals surface area contributed by atoms with E-state index in [9.17, 15) is 0 Å². The molecule has 1 aliphatic rings. The molecule has 0 saturated heterocycles. The maximum Gasteiger partial charge on any atom is 0.127 e. The summed E-state index contributed by atoms with van der Waals surface area (Å²) in [6.07, 6.45) is 1.36. The third-order valence-corrected chi connectivity index (χ3v) is 1.16. The monoisotopic (exact) mass is 124 g/mol. The highest BCUT2D eigenvalue weighted by molar-refractivity contribution is 4.99. The molecule has 0 spiro atoms. The van der Waals surface area contributed by atoms with Gasteiger partial charge in [-0.15, -0.1) is 0 Å². The first-order valence-corrected chi connectivity index (χ1v) is 2.45. The Morgan fingerprint density at radius 3 is 1.78 bits per heavy atom. The van der Waals surface area contributed by atoms with Crippen molar-refractivity contribution in [2.75, 3.05) is 0 Å². The Balaban J connectivity index is 2.74. The molecule has 0 atom stereocenters. The van der Waals surface area contributed by atoms with Crippen LogP contribution in [0.1, 0.15) is 12.8 Å². The minimum absolute atomic E-state index is 0.682. The van der Waals surface area contributed by atoms with E-state index in [-0.39, 0.29) is 0 Å². The van der Waals surface area contributed by atoms with Crippen molar-refractivity contribution < 1.29 is 0 Å². The van der Waals surface area contributed by atoms with Crippen LogP contribution >= 0.6 is 0 Å². The van der Waals surface area contributed by atoms with Crippen molar-refractivity contribution in [3.63, 3.8) is 0 Å². The van der Waals surface area contributed by atoms with E-state index in [1.165, 1.54) is 0 Å². The molecule has 6 nitrogen and oxygen atoms in total. The van der Waals surface area contributed by atoms with Crippen molar-refractivity contribution in [3.05, 3.63) is 20.9 Å². The van der Waals surface area contributed by atoms with Gasteiger partial charge in [-0.3, -0.25) is 0 Å². The van der Waals surface area contributed by atoms with Gasteiger partial charge >= 0.3 is 0 Å². The molecule has 1 fully saturated rings. The van der Waals surface area contributed by atoms with Crippen LogP contribution in [0.5, 0.6) is 0 Å². The van der Waals surface area contributed by atoms with Crippen molar-refractivity contribution in [2.45, 2.75) is 18.5 Å². The van der Waals surface area contributed by atoms with Gasteiger partial charge in [-0.05, 0) is 23.9 Å². The largest absolute Gasteiger partial charge is 0.127 e. The Morgan fingerprint density at radius 1 is 1.11 bits per heavy atom. The molecule has 1 rings (SSSR count). The Kier molecular flexibility index (Phi) is 1.18. The maximum atomic E-state index is 7.94. The number of rotatable bonds is 2. The molecular weight excluding hydrogens is 120 g/mol. The van der Waals surface area contributed by atoms with Crippen LogP contribution < -0.4 is 0 Å². The van der Waals surface area contributed by atoms with Crippen LogP contribution in [-0.2, 0) is 0 Å². The molecule has 0 aromatic rings. The van der Waals surface area contributed by atoms with Crippen molar-refractivity contribution >= 4 is 0 Å². The van der Waals surface area contributed by atoms with Crippen LogP contribution in [-0.4, -0.2) is 5.66 Å². The summed E-state index contributed by atoms with van der Waals surface area (Å²) in [6.45, 7) is 0. The Morgan fingerprint density at radius 2 is 1.56 bits per heavy atom. The van der Waals surface area contributed by atoms with Gasteiger partial charge in [-0.1, -0.05) is 10.2 Å². The normalized spacial score (nSPS) is 19.1. The van der Waals surface area contributed by atoms with E-state index in [2.05, 4.69) is 20.1 Å². The molecule has 0 aliphatic heterocycles. The summed E-state index contributed by atoms with van der Waals surface area (Å²) in [4.78, 5) is 5.10. The van der Waals surface area contributed by atoms with Crippen molar-refractivity contribution in [3.8, 4) is 0 Å². The molecule has 46 valence electrons. The molecule has 1 saturated carbocycles. The molecule has 9 heavy (non-hydrogen) atoms. The van der Waals surface area contributed by atoms with E-state index in [1.54, 1.807) is 0 Å². The van der Waals surface area contributed by atoms with Gasteiger partial charge in [0, 0.05) is 9.82 Å². The fraction of sp³-hybridized carbons (Fsp3) is 1.00. The number of nitrogens with zero attached hydrogens (tertiary/aromatic N) is 6. The van der Waals surface area contributed by atoms with Gasteiger partial charge in [-0.2, -0.15) is 0 Å². The van der Waals surface area contributed by atoms with Crippen LogP contribution in [0.3, 0.4) is 0 Å². The lowest BCUT2D eigenvalue weighted by Crippen LogP contribution is -1.93. The van der Waals surface area contributed by atoms with E-state index < -0.39 is 5.66 Å². The molecule has 0 unspecified atom stereocenters. The smallest absolute Gasteiger partial charge is 0.0812 e. The first kappa shape index (κ1) is 5.75. The van der Waals surface area contributed by atoms with E-state index in [4.69, 9.17) is 11.1 Å². The fourth-order valence-corrected chi connectivity index (χ4v) is 0.498. The number of hydrogen-bond acceptors (Lipinski definition) is 2. The second kappa shape index (κ2) is 1.85. The molecular formula is C3H4N6. The predicted octanol–water partition coefficient (Wildman–Crippen LogP) is 2.10. The van der Waals surface area contributed by atoms with Crippen LogP contribution in [0.25, 0.3) is 20.9 Å². The van der Waals surface area contributed by atoms with Crippen molar-refractivity contribution in [1.82, 2.24) is 0 Å². The summed E-state index contributed by atoms with van der Waals surface area (Å²) in [5.74, 6) is 0. The minimum Gasteiger partial charge on any atom is -0.0812 e. The molecule has 0 aromatic carbocycles. The second-order valence-corrected chi connectivity index (χ2v) is 1.86. The zero-order valence-corrected chi connectivity index (χ0v) is 4.60. The van der Waals surface area contributed by atoms with Crippen molar-refractivity contribution in [2.24, 2.45) is 10.2 Å². The van der Waals surface area contributed by atoms with E-state index >= 15 is 0 Å². The fourth-order valence-electron chi connectivity index (χ4n) is 0.498. The van der Waals surface area contributed by atoms with Crippen molar-refractivity contribution in [1.29, 1.82) is 0 Å². The Hall–Kier alpha value is -1.38. The summed E-state index contributed by atoms with van der Waals surface area (Å²) in [5.41, 5.74) is 15.2. The summed E-state index contributed by atoms with van der Waals surface area (Å²) in [6, 6.07) is 0. The zero-order chi connectivity index (χ0) is 6.74. The first-order valence-electron chi connectivity index (χ1n) is 2.45. The van der Waals surface area contributed by atoms with E-state index in [0.29, 0.717) is 12.8 Å². The van der Waals surface area contributed by atoms with Gasteiger partial charge in [0.05, 0.1) is 0 Å². The lowest BCUT2D eigenvalue weighted by atomic mass is 10.6. The van der Waals surface area contributed by atoms with Gasteiger partial charge in [0.2, 0.25) is 0 Å². The Bertz CT molecular complexity index is 182. The van der Waals surface area contributed by atoms with Crippen LogP contribution in [0.15, 0.2) is 10.2 Å². The SMILES string of the molecule is [N-]=[N+]=NC1(N=[N+]=[N-])CC1. The van der Waals surface area contributed by atoms with Gasteiger partial charge in [0.25, 0.3) is 0 Å². The van der Waals surface area contributed by atoms with E-state index in [0.717, 1.165) is 0 Å². The number of azide groups is 1. The molecule has 0 bridgehead atoms. The average molecular weight is 124 g/mol. The average Bonchev–Trinajstić information content (AvgIpc) is 2.51. The third-order valence-electron chi connectivity index (χ3n) is 1.16. The highest BCUT2D eigenvalue weighted by atomic mass is 15.3. The van der Waals surface area contributed by atoms with Crippen LogP contribution in [0, 0.1) is 0 Å². The van der Waals surface area contributed by atoms with E-state index in [1.807, 2.05) is 0 Å². The quantitative estimate of drug-likeness (QED) is 0.306. The Labute approximate surface area is 50.7 Å². The first-order chi connectivity index (χ1) is 4.33. The standard InChI is InChI=1S/C3H4N6/c4-8-6-3(1-2-3)7-9-5/h1-2H2. The summed E-state index contributed by atoms with van der Waals surface area (Å²) in [5, 5.41) is 6.64. The summed E-state index contributed by atoms with van der Waals surface area (Å²) in [7, 11) is 0. The molecule has 0 aromatic heterocycles. The molecule has 0 heterocycles. The molecule has 0 N–H and O–H groups in total. The zero-order valence-electron chi connectivity index (χ0n) is 4.60. The predicted molar refractivity (Wildman–Crippen MR) is 30.3 cm³/mol. The van der Waals surface area contributed by atoms with Gasteiger partial charge in [-0.25, -0.2) is 0 Å². The van der Waals surface area contributed by atoms with Gasteiger partial charge in [0.15, 0.2) is 0 Å². The maximum absolute atomic E-state index is 7.94. The number of hydrogen-bond donors (Lipinski definition) is 0. The highest BCUT2D eigenvalue weighted by Crippen LogP contribution is 2.41. The molecule has 0 radical (unpaired) electrons. The second-order valence-electron chi connectivity index (χ2n) is 1.86. The lowest BCUT2D eigenvalue weighted by Gasteiger charge is -1.90. The lowest BCUT2D eigenvalue weighted by molar-refractivity contribution is 0.704. The summed E-state index contributed by atoms with van der Waals surface area (Å²) < 4.78 is 0. The molecule has 6 heteroatoms. The third kappa shape index (κ3) is 1.05. The topological polar surface area (TPSA) is 97.5 Å². The molecule has 0 amide bonds. The van der Waals surface area contributed by atoms with Crippen LogP contribution in [0.2, 0.25) is 0 Å². The molecule has 1 aliphatic carbocycles. The highest BCUT2D eigenvalue weighted by Gasteiger charge is 2.41. The summed E-state index contributed by atoms with van der Waals surface area (Å²) >= 11 is 0.